The largest absolute Gasteiger partial charge is 0.493 e. The van der Waals surface area contributed by atoms with Gasteiger partial charge in [-0.3, -0.25) is 14.5 Å². The van der Waals surface area contributed by atoms with E-state index < -0.39 is 0 Å². The van der Waals surface area contributed by atoms with Crippen molar-refractivity contribution in [2.24, 2.45) is 0 Å². The number of carbonyl (C=O) groups excluding carboxylic acids is 1. The van der Waals surface area contributed by atoms with Gasteiger partial charge in [0.15, 0.2) is 10.8 Å². The molecule has 0 saturated heterocycles. The van der Waals surface area contributed by atoms with Crippen LogP contribution in [0, 0.1) is 5.82 Å². The molecule has 1 N–H and O–H groups in total. The number of hydrogen-bond donors (Lipinski definition) is 1. The summed E-state index contributed by atoms with van der Waals surface area (Å²) >= 11 is 5.49. The van der Waals surface area contributed by atoms with Crippen molar-refractivity contribution in [3.8, 4) is 5.75 Å². The normalized spacial score (nSPS) is 14.7. The Kier molecular flexibility index (Phi) is 6.55. The monoisotopic (exact) mass is 528 g/mol. The van der Waals surface area contributed by atoms with Crippen molar-refractivity contribution in [1.29, 1.82) is 0 Å². The van der Waals surface area contributed by atoms with Gasteiger partial charge in [-0.25, -0.2) is 9.37 Å². The molecule has 2 aromatic heterocycles. The number of aromatic nitrogens is 4. The molecule has 10 heteroatoms. The van der Waals surface area contributed by atoms with Crippen LogP contribution < -0.4 is 10.1 Å². The van der Waals surface area contributed by atoms with E-state index in [4.69, 9.17) is 21.9 Å². The number of ether oxygens (including phenoxy) is 1. The lowest BCUT2D eigenvalue weighted by Gasteiger charge is -2.28. The second-order valence-electron chi connectivity index (χ2n) is 9.26. The smallest absolute Gasteiger partial charge is 0.257 e. The van der Waals surface area contributed by atoms with E-state index in [1.54, 1.807) is 24.5 Å². The molecule has 4 heterocycles. The van der Waals surface area contributed by atoms with E-state index in [0.717, 1.165) is 40.3 Å². The molecule has 0 aliphatic carbocycles. The lowest BCUT2D eigenvalue weighted by Crippen LogP contribution is -2.44. The van der Waals surface area contributed by atoms with E-state index in [9.17, 15) is 9.18 Å². The topological polar surface area (TPSA) is 84.7 Å². The molecule has 1 amide bonds. The third-order valence-electron chi connectivity index (χ3n) is 7.05. The highest BCUT2D eigenvalue weighted by Gasteiger charge is 2.22. The van der Waals surface area contributed by atoms with E-state index in [1.807, 2.05) is 33.7 Å². The highest BCUT2D eigenvalue weighted by Crippen LogP contribution is 2.31. The standard InChI is InChI=1S/C28H25FN6O2S/c29-23-7-8-24-21(12-15-37-24)20(23)6-9-25-30-16-22(26-33-31-17-35(25)26)18-10-13-34(14-11-18)28(38)32-27(36)19-4-2-1-3-5-19/h1-5,7-8,10,16-17H,6,9,11-15H2,(H,32,36,38). The summed E-state index contributed by atoms with van der Waals surface area (Å²) in [6.07, 6.45) is 8.06. The highest BCUT2D eigenvalue weighted by atomic mass is 32.1. The Morgan fingerprint density at radius 3 is 2.82 bits per heavy atom. The number of rotatable bonds is 5. The third kappa shape index (κ3) is 4.63. The lowest BCUT2D eigenvalue weighted by molar-refractivity contribution is 0.0973. The van der Waals surface area contributed by atoms with E-state index >= 15 is 0 Å². The molecule has 0 spiro atoms. The van der Waals surface area contributed by atoms with E-state index in [-0.39, 0.29) is 11.7 Å². The Morgan fingerprint density at radius 2 is 2.00 bits per heavy atom. The fraction of sp³-hybridized carbons (Fsp3) is 0.250. The minimum Gasteiger partial charge on any atom is -0.493 e. The minimum atomic E-state index is -0.219. The number of amides is 1. The van der Waals surface area contributed by atoms with Crippen molar-refractivity contribution in [1.82, 2.24) is 29.8 Å². The average molecular weight is 529 g/mol. The number of nitrogens with zero attached hydrogens (tertiary/aromatic N) is 5. The number of benzene rings is 2. The molecule has 2 aliphatic heterocycles. The van der Waals surface area contributed by atoms with Gasteiger partial charge in [0.25, 0.3) is 5.91 Å². The molecule has 0 atom stereocenters. The first-order valence-corrected chi connectivity index (χ1v) is 12.9. The van der Waals surface area contributed by atoms with Crippen LogP contribution in [0.15, 0.2) is 61.1 Å². The Balaban J connectivity index is 1.16. The fourth-order valence-corrected chi connectivity index (χ4v) is 5.30. The Morgan fingerprint density at radius 1 is 1.13 bits per heavy atom. The molecule has 0 fully saturated rings. The quantitative estimate of drug-likeness (QED) is 0.395. The van der Waals surface area contributed by atoms with Gasteiger partial charge in [-0.2, -0.15) is 0 Å². The maximum Gasteiger partial charge on any atom is 0.257 e. The number of thiocarbonyl (C=S) groups is 1. The van der Waals surface area contributed by atoms with E-state index in [2.05, 4.69) is 21.6 Å². The molecule has 6 rings (SSSR count). The van der Waals surface area contributed by atoms with Crippen molar-refractivity contribution in [3.63, 3.8) is 0 Å². The summed E-state index contributed by atoms with van der Waals surface area (Å²) in [7, 11) is 0. The minimum absolute atomic E-state index is 0.208. The van der Waals surface area contributed by atoms with Gasteiger partial charge in [0.05, 0.1) is 6.61 Å². The summed E-state index contributed by atoms with van der Waals surface area (Å²) in [5.41, 5.74) is 4.94. The fourth-order valence-electron chi connectivity index (χ4n) is 5.04. The molecular formula is C28H25FN6O2S. The highest BCUT2D eigenvalue weighted by molar-refractivity contribution is 7.80. The predicted molar refractivity (Wildman–Crippen MR) is 144 cm³/mol. The number of carbonyl (C=O) groups is 1. The summed E-state index contributed by atoms with van der Waals surface area (Å²) in [4.78, 5) is 19.1. The zero-order valence-corrected chi connectivity index (χ0v) is 21.4. The Labute approximate surface area is 224 Å². The molecule has 0 saturated carbocycles. The first-order chi connectivity index (χ1) is 18.6. The molecule has 0 bridgehead atoms. The summed E-state index contributed by atoms with van der Waals surface area (Å²) in [6.45, 7) is 1.80. The van der Waals surface area contributed by atoms with Crippen LogP contribution in [0.25, 0.3) is 11.2 Å². The van der Waals surface area contributed by atoms with Gasteiger partial charge < -0.3 is 9.64 Å². The summed E-state index contributed by atoms with van der Waals surface area (Å²) in [5, 5.41) is 11.7. The van der Waals surface area contributed by atoms with Gasteiger partial charge in [0, 0.05) is 48.8 Å². The Hall–Kier alpha value is -4.18. The molecule has 0 unspecified atom stereocenters. The SMILES string of the molecule is O=C(NC(=S)N1CC=C(c2cnc(CCc3c(F)ccc4c3CCO4)n3cnnc23)CC1)c1ccccc1. The number of halogens is 1. The van der Waals surface area contributed by atoms with Gasteiger partial charge in [0.2, 0.25) is 0 Å². The third-order valence-corrected chi connectivity index (χ3v) is 7.41. The lowest BCUT2D eigenvalue weighted by atomic mass is 9.99. The van der Waals surface area contributed by atoms with Crippen LogP contribution in [-0.4, -0.2) is 55.2 Å². The van der Waals surface area contributed by atoms with E-state index in [1.165, 1.54) is 6.07 Å². The molecule has 192 valence electrons. The molecule has 4 aromatic rings. The molecular weight excluding hydrogens is 503 g/mol. The van der Waals surface area contributed by atoms with Crippen molar-refractivity contribution < 1.29 is 13.9 Å². The maximum atomic E-state index is 14.6. The second-order valence-corrected chi connectivity index (χ2v) is 9.65. The predicted octanol–water partition coefficient (Wildman–Crippen LogP) is 3.79. The van der Waals surface area contributed by atoms with Gasteiger partial charge in [0.1, 0.15) is 23.7 Å². The number of nitrogens with one attached hydrogen (secondary N) is 1. The van der Waals surface area contributed by atoms with Gasteiger partial charge in [-0.05, 0) is 60.5 Å². The maximum absolute atomic E-state index is 14.6. The van der Waals surface area contributed by atoms with Crippen LogP contribution in [0.2, 0.25) is 0 Å². The molecule has 38 heavy (non-hydrogen) atoms. The Bertz CT molecular complexity index is 1570. The molecule has 2 aromatic carbocycles. The van der Waals surface area contributed by atoms with Crippen LogP contribution in [-0.2, 0) is 19.3 Å². The zero-order chi connectivity index (χ0) is 26.1. The van der Waals surface area contributed by atoms with Gasteiger partial charge in [-0.15, -0.1) is 10.2 Å². The average Bonchev–Trinajstić information content (AvgIpc) is 3.63. The van der Waals surface area contributed by atoms with Crippen LogP contribution in [0.5, 0.6) is 5.75 Å². The first-order valence-electron chi connectivity index (χ1n) is 12.5. The van der Waals surface area contributed by atoms with Gasteiger partial charge in [-0.1, -0.05) is 24.3 Å². The molecule has 8 nitrogen and oxygen atoms in total. The first kappa shape index (κ1) is 24.2. The number of fused-ring (bicyclic) bond motifs is 2. The van der Waals surface area contributed by atoms with Crippen LogP contribution in [0.4, 0.5) is 4.39 Å². The molecule has 2 aliphatic rings. The second kappa shape index (κ2) is 10.3. The van der Waals surface area contributed by atoms with Crippen molar-refractivity contribution in [3.05, 3.63) is 95.0 Å². The number of aryl methyl sites for hydroxylation is 1. The van der Waals surface area contributed by atoms with Crippen LogP contribution in [0.1, 0.15) is 39.3 Å². The molecule has 0 radical (unpaired) electrons. The summed E-state index contributed by atoms with van der Waals surface area (Å²) in [6, 6.07) is 12.2. The van der Waals surface area contributed by atoms with Crippen molar-refractivity contribution >= 4 is 34.5 Å². The summed E-state index contributed by atoms with van der Waals surface area (Å²) in [5.74, 6) is 1.12. The van der Waals surface area contributed by atoms with Crippen LogP contribution in [0.3, 0.4) is 0 Å². The summed E-state index contributed by atoms with van der Waals surface area (Å²) < 4.78 is 22.1. The number of hydrogen-bond acceptors (Lipinski definition) is 6. The van der Waals surface area contributed by atoms with Crippen molar-refractivity contribution in [2.45, 2.75) is 25.7 Å². The zero-order valence-electron chi connectivity index (χ0n) is 20.6. The van der Waals surface area contributed by atoms with Crippen LogP contribution >= 0.6 is 12.2 Å². The van der Waals surface area contributed by atoms with Gasteiger partial charge >= 0.3 is 0 Å². The van der Waals surface area contributed by atoms with E-state index in [0.29, 0.717) is 55.2 Å². The van der Waals surface area contributed by atoms with Crippen molar-refractivity contribution in [2.75, 3.05) is 19.7 Å².